The van der Waals surface area contributed by atoms with Crippen molar-refractivity contribution >= 4 is 32.8 Å². The Balaban J connectivity index is 1.39. The van der Waals surface area contributed by atoms with Crippen LogP contribution in [0.3, 0.4) is 0 Å². The molecule has 0 unspecified atom stereocenters. The molecule has 8 rings (SSSR count). The van der Waals surface area contributed by atoms with Gasteiger partial charge in [0.05, 0.1) is 28.0 Å². The molecule has 0 aliphatic rings. The van der Waals surface area contributed by atoms with Gasteiger partial charge in [-0.15, -0.1) is 0 Å². The minimum Gasteiger partial charge on any atom is -0.455 e. The van der Waals surface area contributed by atoms with Gasteiger partial charge in [0.15, 0.2) is 5.82 Å². The SMILES string of the molecule is c1ccc(-c2cc(-c3ccccc3)nc(-c3ccc4nc(-c5ccccc5)c5c6ccccc6oc5c4c3)n2)cc1. The van der Waals surface area contributed by atoms with E-state index in [-0.39, 0.29) is 0 Å². The molecule has 0 spiro atoms. The Morgan fingerprint density at radius 2 is 1.02 bits per heavy atom. The van der Waals surface area contributed by atoms with Gasteiger partial charge < -0.3 is 4.42 Å². The van der Waals surface area contributed by atoms with E-state index in [1.165, 1.54) is 0 Å². The lowest BCUT2D eigenvalue weighted by molar-refractivity contribution is 0.672. The fourth-order valence-corrected chi connectivity index (χ4v) is 5.50. The van der Waals surface area contributed by atoms with Gasteiger partial charge in [-0.25, -0.2) is 15.0 Å². The van der Waals surface area contributed by atoms with Gasteiger partial charge >= 0.3 is 0 Å². The molecule has 0 aliphatic heterocycles. The minimum atomic E-state index is 0.656. The molecule has 0 aliphatic carbocycles. The van der Waals surface area contributed by atoms with E-state index in [0.29, 0.717) is 5.82 Å². The molecular formula is C37H23N3O. The first-order valence-corrected chi connectivity index (χ1v) is 13.6. The van der Waals surface area contributed by atoms with E-state index in [2.05, 4.69) is 60.7 Å². The number of aromatic nitrogens is 3. The van der Waals surface area contributed by atoms with Crippen LogP contribution in [0, 0.1) is 0 Å². The van der Waals surface area contributed by atoms with Gasteiger partial charge in [-0.1, -0.05) is 109 Å². The third-order valence-electron chi connectivity index (χ3n) is 7.48. The van der Waals surface area contributed by atoms with Crippen LogP contribution in [0.2, 0.25) is 0 Å². The van der Waals surface area contributed by atoms with Gasteiger partial charge in [0.25, 0.3) is 0 Å². The van der Waals surface area contributed by atoms with Gasteiger partial charge in [-0.05, 0) is 30.3 Å². The molecule has 0 amide bonds. The highest BCUT2D eigenvalue weighted by Crippen LogP contribution is 2.40. The summed E-state index contributed by atoms with van der Waals surface area (Å²) in [5, 5.41) is 3.00. The Morgan fingerprint density at radius 1 is 0.439 bits per heavy atom. The van der Waals surface area contributed by atoms with Crippen LogP contribution in [0.1, 0.15) is 0 Å². The molecule has 0 bridgehead atoms. The highest BCUT2D eigenvalue weighted by atomic mass is 16.3. The largest absolute Gasteiger partial charge is 0.455 e. The summed E-state index contributed by atoms with van der Waals surface area (Å²) < 4.78 is 6.52. The monoisotopic (exact) mass is 525 g/mol. The topological polar surface area (TPSA) is 51.8 Å². The van der Waals surface area contributed by atoms with E-state index in [1.54, 1.807) is 0 Å². The first kappa shape index (κ1) is 23.3. The summed E-state index contributed by atoms with van der Waals surface area (Å²) in [6.07, 6.45) is 0. The molecule has 0 radical (unpaired) electrons. The van der Waals surface area contributed by atoms with Gasteiger partial charge in [-0.3, -0.25) is 0 Å². The zero-order valence-electron chi connectivity index (χ0n) is 22.0. The fourth-order valence-electron chi connectivity index (χ4n) is 5.50. The number of furan rings is 1. The molecule has 4 nitrogen and oxygen atoms in total. The number of pyridine rings is 1. The fraction of sp³-hybridized carbons (Fsp3) is 0. The molecule has 0 atom stereocenters. The Labute approximate surface area is 236 Å². The molecule has 8 aromatic rings. The Kier molecular flexibility index (Phi) is 5.42. The third-order valence-corrected chi connectivity index (χ3v) is 7.48. The average molecular weight is 526 g/mol. The van der Waals surface area contributed by atoms with E-state index in [1.807, 2.05) is 78.9 Å². The van der Waals surface area contributed by atoms with Crippen molar-refractivity contribution in [3.8, 4) is 45.2 Å². The third kappa shape index (κ3) is 4.05. The van der Waals surface area contributed by atoms with E-state index >= 15 is 0 Å². The molecule has 4 heteroatoms. The Morgan fingerprint density at radius 3 is 1.68 bits per heavy atom. The Hall–Kier alpha value is -5.61. The van der Waals surface area contributed by atoms with E-state index in [9.17, 15) is 0 Å². The van der Waals surface area contributed by atoms with Crippen molar-refractivity contribution in [1.29, 1.82) is 0 Å². The summed E-state index contributed by atoms with van der Waals surface area (Å²) in [4.78, 5) is 15.2. The molecule has 3 heterocycles. The standard InChI is InChI=1S/C37H23N3O/c1-4-12-24(13-5-1)31-23-32(25-14-6-2-7-15-25)40-37(39-31)27-20-21-30-29(22-27)36-34(28-18-10-11-19-33(28)41-36)35(38-30)26-16-8-3-9-17-26/h1-23H. The van der Waals surface area contributed by atoms with Crippen LogP contribution in [0.5, 0.6) is 0 Å². The van der Waals surface area contributed by atoms with Crippen LogP contribution in [0.4, 0.5) is 0 Å². The highest BCUT2D eigenvalue weighted by Gasteiger charge is 2.19. The number of fused-ring (bicyclic) bond motifs is 5. The van der Waals surface area contributed by atoms with Crippen LogP contribution >= 0.6 is 0 Å². The van der Waals surface area contributed by atoms with Crippen LogP contribution in [-0.4, -0.2) is 15.0 Å². The number of rotatable bonds is 4. The van der Waals surface area contributed by atoms with Gasteiger partial charge in [0, 0.05) is 33.0 Å². The summed E-state index contributed by atoms with van der Waals surface area (Å²) in [6, 6.07) is 47.2. The second kappa shape index (κ2) is 9.54. The number of benzene rings is 5. The van der Waals surface area contributed by atoms with Crippen molar-refractivity contribution in [3.05, 3.63) is 140 Å². The maximum atomic E-state index is 6.52. The van der Waals surface area contributed by atoms with E-state index in [4.69, 9.17) is 19.4 Å². The number of hydrogen-bond acceptors (Lipinski definition) is 4. The van der Waals surface area contributed by atoms with Gasteiger partial charge in [-0.2, -0.15) is 0 Å². The molecule has 0 saturated heterocycles. The molecule has 0 N–H and O–H groups in total. The Bertz CT molecular complexity index is 2130. The summed E-state index contributed by atoms with van der Waals surface area (Å²) >= 11 is 0. The molecule has 192 valence electrons. The summed E-state index contributed by atoms with van der Waals surface area (Å²) in [5.41, 5.74) is 9.24. The molecule has 5 aromatic carbocycles. The molecule has 0 saturated carbocycles. The minimum absolute atomic E-state index is 0.656. The van der Waals surface area contributed by atoms with E-state index in [0.717, 1.165) is 72.2 Å². The van der Waals surface area contributed by atoms with Crippen molar-refractivity contribution in [2.75, 3.05) is 0 Å². The number of para-hydroxylation sites is 1. The van der Waals surface area contributed by atoms with Crippen molar-refractivity contribution in [1.82, 2.24) is 15.0 Å². The first-order valence-electron chi connectivity index (χ1n) is 13.6. The van der Waals surface area contributed by atoms with Crippen LogP contribution in [-0.2, 0) is 0 Å². The lowest BCUT2D eigenvalue weighted by atomic mass is 10.0. The second-order valence-electron chi connectivity index (χ2n) is 10.1. The summed E-state index contributed by atoms with van der Waals surface area (Å²) in [5.74, 6) is 0.656. The zero-order valence-corrected chi connectivity index (χ0v) is 22.0. The quantitative estimate of drug-likeness (QED) is 0.230. The second-order valence-corrected chi connectivity index (χ2v) is 10.1. The first-order chi connectivity index (χ1) is 20.3. The zero-order chi connectivity index (χ0) is 27.2. The predicted molar refractivity (Wildman–Crippen MR) is 166 cm³/mol. The number of nitrogens with zero attached hydrogens (tertiary/aromatic N) is 3. The number of hydrogen-bond donors (Lipinski definition) is 0. The average Bonchev–Trinajstić information content (AvgIpc) is 3.45. The van der Waals surface area contributed by atoms with Gasteiger partial charge in [0.1, 0.15) is 11.2 Å². The smallest absolute Gasteiger partial charge is 0.160 e. The molecular weight excluding hydrogens is 502 g/mol. The van der Waals surface area contributed by atoms with Crippen LogP contribution in [0.15, 0.2) is 144 Å². The van der Waals surface area contributed by atoms with Gasteiger partial charge in [0.2, 0.25) is 0 Å². The lowest BCUT2D eigenvalue weighted by Crippen LogP contribution is -1.96. The lowest BCUT2D eigenvalue weighted by Gasteiger charge is -2.11. The summed E-state index contributed by atoms with van der Waals surface area (Å²) in [6.45, 7) is 0. The highest BCUT2D eigenvalue weighted by molar-refractivity contribution is 6.19. The van der Waals surface area contributed by atoms with Crippen molar-refractivity contribution in [2.45, 2.75) is 0 Å². The molecule has 0 fully saturated rings. The predicted octanol–water partition coefficient (Wildman–Crippen LogP) is 9.59. The molecule has 41 heavy (non-hydrogen) atoms. The van der Waals surface area contributed by atoms with Crippen LogP contribution < -0.4 is 0 Å². The summed E-state index contributed by atoms with van der Waals surface area (Å²) in [7, 11) is 0. The van der Waals surface area contributed by atoms with E-state index < -0.39 is 0 Å². The molecule has 3 aromatic heterocycles. The van der Waals surface area contributed by atoms with Crippen molar-refractivity contribution in [3.63, 3.8) is 0 Å². The van der Waals surface area contributed by atoms with Crippen LogP contribution in [0.25, 0.3) is 78.0 Å². The van der Waals surface area contributed by atoms with Crippen molar-refractivity contribution < 1.29 is 4.42 Å². The maximum absolute atomic E-state index is 6.52. The van der Waals surface area contributed by atoms with Crippen molar-refractivity contribution in [2.24, 2.45) is 0 Å². The maximum Gasteiger partial charge on any atom is 0.160 e. The normalized spacial score (nSPS) is 11.4.